The van der Waals surface area contributed by atoms with Crippen LogP contribution in [0.3, 0.4) is 0 Å². The first-order valence-corrected chi connectivity index (χ1v) is 7.65. The molecule has 2 aromatic carbocycles. The number of carbonyl (C=O) groups is 1. The number of para-hydroxylation sites is 1. The van der Waals surface area contributed by atoms with Gasteiger partial charge in [-0.25, -0.2) is 0 Å². The molecule has 0 spiro atoms. The van der Waals surface area contributed by atoms with E-state index >= 15 is 0 Å². The van der Waals surface area contributed by atoms with Crippen LogP contribution in [0.25, 0.3) is 0 Å². The summed E-state index contributed by atoms with van der Waals surface area (Å²) in [5.41, 5.74) is 1.73. The monoisotopic (exact) mass is 349 g/mol. The van der Waals surface area contributed by atoms with Crippen LogP contribution in [0.5, 0.6) is 17.2 Å². The molecule has 0 unspecified atom stereocenters. The predicted molar refractivity (Wildman–Crippen MR) is 88.0 cm³/mol. The lowest BCUT2D eigenvalue weighted by atomic mass is 10.1. The van der Waals surface area contributed by atoms with Gasteiger partial charge in [-0.1, -0.05) is 6.07 Å². The highest BCUT2D eigenvalue weighted by Gasteiger charge is 2.29. The molecule has 0 radical (unpaired) electrons. The van der Waals surface area contributed by atoms with Crippen LogP contribution in [0.1, 0.15) is 15.9 Å². The fraction of sp³-hybridized carbons (Fsp3) is 0.278. The van der Waals surface area contributed by atoms with E-state index in [-0.39, 0.29) is 17.1 Å². The molecule has 1 aliphatic heterocycles. The second kappa shape index (κ2) is 6.96. The third-order valence-electron chi connectivity index (χ3n) is 4.06. The molecule has 0 atom stereocenters. The zero-order valence-corrected chi connectivity index (χ0v) is 13.8. The van der Waals surface area contributed by atoms with E-state index in [1.807, 2.05) is 6.07 Å². The second-order valence-electron chi connectivity index (χ2n) is 5.42. The van der Waals surface area contributed by atoms with Crippen LogP contribution >= 0.6 is 0 Å². The van der Waals surface area contributed by atoms with Crippen molar-refractivity contribution in [1.29, 1.82) is 0 Å². The molecular formula is C18H17F2NO4. The molecule has 5 nitrogen and oxygen atoms in total. The van der Waals surface area contributed by atoms with Crippen molar-refractivity contribution in [3.05, 3.63) is 47.5 Å². The van der Waals surface area contributed by atoms with Crippen molar-refractivity contribution in [2.45, 2.75) is 13.0 Å². The fourth-order valence-electron chi connectivity index (χ4n) is 2.92. The van der Waals surface area contributed by atoms with Gasteiger partial charge in [0.05, 0.1) is 19.8 Å². The average Bonchev–Trinajstić information content (AvgIpc) is 3.03. The summed E-state index contributed by atoms with van der Waals surface area (Å²) in [7, 11) is 2.91. The highest BCUT2D eigenvalue weighted by Crippen LogP contribution is 2.37. The Kier molecular flexibility index (Phi) is 4.74. The minimum Gasteiger partial charge on any atom is -0.497 e. The van der Waals surface area contributed by atoms with Crippen LogP contribution in [0.4, 0.5) is 14.5 Å². The van der Waals surface area contributed by atoms with Gasteiger partial charge in [0.1, 0.15) is 5.75 Å². The van der Waals surface area contributed by atoms with Crippen molar-refractivity contribution in [2.75, 3.05) is 25.7 Å². The van der Waals surface area contributed by atoms with Crippen LogP contribution in [-0.4, -0.2) is 33.3 Å². The highest BCUT2D eigenvalue weighted by molar-refractivity contribution is 6.09. The Balaban J connectivity index is 1.98. The van der Waals surface area contributed by atoms with E-state index in [2.05, 4.69) is 4.74 Å². The Bertz CT molecular complexity index is 795. The number of nitrogens with zero attached hydrogens (tertiary/aromatic N) is 1. The molecule has 0 aliphatic carbocycles. The zero-order valence-electron chi connectivity index (χ0n) is 13.8. The van der Waals surface area contributed by atoms with Gasteiger partial charge in [0.25, 0.3) is 5.91 Å². The molecule has 0 N–H and O–H groups in total. The second-order valence-corrected chi connectivity index (χ2v) is 5.42. The quantitative estimate of drug-likeness (QED) is 0.829. The SMILES string of the molecule is COc1ccc2c(c1)CCN2C(=O)c1cccc(OC)c1OC(F)F. The number of amides is 1. The summed E-state index contributed by atoms with van der Waals surface area (Å²) in [6.07, 6.45) is 0.660. The predicted octanol–water partition coefficient (Wildman–Crippen LogP) is 3.51. The van der Waals surface area contributed by atoms with E-state index in [1.165, 1.54) is 19.2 Å². The van der Waals surface area contributed by atoms with E-state index in [9.17, 15) is 13.6 Å². The average molecular weight is 349 g/mol. The van der Waals surface area contributed by atoms with Gasteiger partial charge in [0.15, 0.2) is 11.5 Å². The number of hydrogen-bond donors (Lipinski definition) is 0. The lowest BCUT2D eigenvalue weighted by Crippen LogP contribution is -2.29. The summed E-state index contributed by atoms with van der Waals surface area (Å²) in [4.78, 5) is 14.5. The highest BCUT2D eigenvalue weighted by atomic mass is 19.3. The number of carbonyl (C=O) groups excluding carboxylic acids is 1. The van der Waals surface area contributed by atoms with Gasteiger partial charge in [0, 0.05) is 12.2 Å². The number of ether oxygens (including phenoxy) is 3. The van der Waals surface area contributed by atoms with Crippen LogP contribution in [0.15, 0.2) is 36.4 Å². The Morgan fingerprint density at radius 2 is 1.96 bits per heavy atom. The molecule has 0 fully saturated rings. The summed E-state index contributed by atoms with van der Waals surface area (Å²) in [6, 6.07) is 9.89. The van der Waals surface area contributed by atoms with E-state index in [0.29, 0.717) is 18.7 Å². The lowest BCUT2D eigenvalue weighted by molar-refractivity contribution is -0.0515. The maximum Gasteiger partial charge on any atom is 0.387 e. The lowest BCUT2D eigenvalue weighted by Gasteiger charge is -2.20. The van der Waals surface area contributed by atoms with Crippen molar-refractivity contribution in [3.8, 4) is 17.2 Å². The maximum absolute atomic E-state index is 12.9. The van der Waals surface area contributed by atoms with Gasteiger partial charge in [0.2, 0.25) is 0 Å². The number of alkyl halides is 2. The van der Waals surface area contributed by atoms with Crippen LogP contribution in [0, 0.1) is 0 Å². The Morgan fingerprint density at radius 3 is 2.64 bits per heavy atom. The van der Waals surface area contributed by atoms with Crippen LogP contribution in [-0.2, 0) is 6.42 Å². The van der Waals surface area contributed by atoms with E-state index in [0.717, 1.165) is 11.3 Å². The van der Waals surface area contributed by atoms with Gasteiger partial charge in [-0.05, 0) is 42.3 Å². The number of rotatable bonds is 5. The first-order chi connectivity index (χ1) is 12.0. The molecule has 132 valence electrons. The van der Waals surface area contributed by atoms with Gasteiger partial charge in [-0.2, -0.15) is 8.78 Å². The summed E-state index contributed by atoms with van der Waals surface area (Å²) in [5.74, 6) is 0.113. The van der Waals surface area contributed by atoms with Gasteiger partial charge in [-0.15, -0.1) is 0 Å². The van der Waals surface area contributed by atoms with Crippen molar-refractivity contribution >= 4 is 11.6 Å². The molecule has 2 aromatic rings. The topological polar surface area (TPSA) is 48.0 Å². The third kappa shape index (κ3) is 3.22. The molecule has 0 bridgehead atoms. The molecule has 3 rings (SSSR count). The fourth-order valence-corrected chi connectivity index (χ4v) is 2.92. The number of methoxy groups -OCH3 is 2. The van der Waals surface area contributed by atoms with Gasteiger partial charge in [-0.3, -0.25) is 4.79 Å². The summed E-state index contributed by atoms with van der Waals surface area (Å²) in [6.45, 7) is -2.61. The zero-order chi connectivity index (χ0) is 18.0. The third-order valence-corrected chi connectivity index (χ3v) is 4.06. The summed E-state index contributed by atoms with van der Waals surface area (Å²) < 4.78 is 40.3. The normalized spacial score (nSPS) is 12.9. The smallest absolute Gasteiger partial charge is 0.387 e. The van der Waals surface area contributed by atoms with E-state index in [4.69, 9.17) is 9.47 Å². The standard InChI is InChI=1S/C18H17F2NO4/c1-23-12-6-7-14-11(10-12)8-9-21(14)17(22)13-4-3-5-15(24-2)16(13)25-18(19)20/h3-7,10,18H,8-9H2,1-2H3. The number of fused-ring (bicyclic) bond motifs is 1. The molecule has 25 heavy (non-hydrogen) atoms. The Labute approximate surface area is 143 Å². The minimum absolute atomic E-state index is 0.0309. The molecule has 0 saturated carbocycles. The van der Waals surface area contributed by atoms with Crippen LogP contribution < -0.4 is 19.1 Å². The summed E-state index contributed by atoms with van der Waals surface area (Å²) in [5, 5.41) is 0. The molecular weight excluding hydrogens is 332 g/mol. The van der Waals surface area contributed by atoms with Crippen molar-refractivity contribution in [2.24, 2.45) is 0 Å². The Morgan fingerprint density at radius 1 is 1.16 bits per heavy atom. The van der Waals surface area contributed by atoms with Crippen molar-refractivity contribution in [3.63, 3.8) is 0 Å². The van der Waals surface area contributed by atoms with E-state index in [1.54, 1.807) is 30.2 Å². The minimum atomic E-state index is -3.06. The molecule has 0 saturated heterocycles. The maximum atomic E-state index is 12.9. The van der Waals surface area contributed by atoms with Gasteiger partial charge >= 0.3 is 6.61 Å². The molecule has 1 heterocycles. The number of halogens is 2. The van der Waals surface area contributed by atoms with Crippen LogP contribution in [0.2, 0.25) is 0 Å². The molecule has 1 amide bonds. The van der Waals surface area contributed by atoms with Crippen molar-refractivity contribution in [1.82, 2.24) is 0 Å². The number of anilines is 1. The first kappa shape index (κ1) is 17.0. The Hall–Kier alpha value is -2.83. The largest absolute Gasteiger partial charge is 0.497 e. The first-order valence-electron chi connectivity index (χ1n) is 7.65. The van der Waals surface area contributed by atoms with Gasteiger partial charge < -0.3 is 19.1 Å². The number of benzene rings is 2. The molecule has 7 heteroatoms. The van der Waals surface area contributed by atoms with E-state index < -0.39 is 12.5 Å². The number of hydrogen-bond acceptors (Lipinski definition) is 4. The van der Waals surface area contributed by atoms with Crippen molar-refractivity contribution < 1.29 is 27.8 Å². The molecule has 0 aromatic heterocycles. The molecule has 1 aliphatic rings. The summed E-state index contributed by atoms with van der Waals surface area (Å²) >= 11 is 0.